The lowest BCUT2D eigenvalue weighted by molar-refractivity contribution is -0.118. The Balaban J connectivity index is 2.10. The van der Waals surface area contributed by atoms with E-state index in [1.54, 1.807) is 14.2 Å². The predicted molar refractivity (Wildman–Crippen MR) is 81.5 cm³/mol. The second kappa shape index (κ2) is 10.5. The SMILES string of the molecule is COCCNCCNC(=O)CSc1ccc(OC)cc1. The van der Waals surface area contributed by atoms with Crippen molar-refractivity contribution >= 4 is 17.7 Å². The molecule has 2 N–H and O–H groups in total. The molecule has 1 rings (SSSR count). The van der Waals surface area contributed by atoms with Crippen molar-refractivity contribution in [3.05, 3.63) is 24.3 Å². The summed E-state index contributed by atoms with van der Waals surface area (Å²) in [6.07, 6.45) is 0. The molecule has 0 aliphatic rings. The molecule has 1 aromatic rings. The molecule has 1 aromatic carbocycles. The molecule has 0 unspecified atom stereocenters. The number of thioether (sulfide) groups is 1. The summed E-state index contributed by atoms with van der Waals surface area (Å²) in [5.74, 6) is 1.28. The number of hydrogen-bond donors (Lipinski definition) is 2. The van der Waals surface area contributed by atoms with Gasteiger partial charge in [0.1, 0.15) is 5.75 Å². The maximum absolute atomic E-state index is 11.6. The molecule has 0 fully saturated rings. The van der Waals surface area contributed by atoms with Gasteiger partial charge in [-0.1, -0.05) is 0 Å². The van der Waals surface area contributed by atoms with Crippen LogP contribution in [0, 0.1) is 0 Å². The minimum Gasteiger partial charge on any atom is -0.497 e. The molecule has 0 saturated heterocycles. The summed E-state index contributed by atoms with van der Waals surface area (Å²) in [4.78, 5) is 12.7. The van der Waals surface area contributed by atoms with Crippen molar-refractivity contribution in [2.75, 3.05) is 46.2 Å². The highest BCUT2D eigenvalue weighted by Gasteiger charge is 2.02. The molecule has 0 spiro atoms. The van der Waals surface area contributed by atoms with Crippen molar-refractivity contribution in [3.8, 4) is 5.75 Å². The highest BCUT2D eigenvalue weighted by atomic mass is 32.2. The van der Waals surface area contributed by atoms with Gasteiger partial charge >= 0.3 is 0 Å². The van der Waals surface area contributed by atoms with E-state index >= 15 is 0 Å². The molecule has 0 radical (unpaired) electrons. The smallest absolute Gasteiger partial charge is 0.230 e. The van der Waals surface area contributed by atoms with E-state index in [1.165, 1.54) is 11.8 Å². The first-order valence-corrected chi connectivity index (χ1v) is 7.48. The van der Waals surface area contributed by atoms with Crippen LogP contribution in [0.15, 0.2) is 29.2 Å². The molecule has 0 bridgehead atoms. The maximum atomic E-state index is 11.6. The van der Waals surface area contributed by atoms with Gasteiger partial charge in [-0.25, -0.2) is 0 Å². The van der Waals surface area contributed by atoms with Gasteiger partial charge in [0.25, 0.3) is 0 Å². The molecule has 0 saturated carbocycles. The highest BCUT2D eigenvalue weighted by molar-refractivity contribution is 8.00. The van der Waals surface area contributed by atoms with Crippen LogP contribution in [-0.2, 0) is 9.53 Å². The Hall–Kier alpha value is -1.24. The first-order chi connectivity index (χ1) is 9.76. The lowest BCUT2D eigenvalue weighted by Crippen LogP contribution is -2.33. The number of nitrogens with one attached hydrogen (secondary N) is 2. The maximum Gasteiger partial charge on any atom is 0.230 e. The fraction of sp³-hybridized carbons (Fsp3) is 0.500. The number of methoxy groups -OCH3 is 2. The average Bonchev–Trinajstić information content (AvgIpc) is 2.49. The second-order valence-corrected chi connectivity index (χ2v) is 5.11. The van der Waals surface area contributed by atoms with E-state index in [9.17, 15) is 4.79 Å². The largest absolute Gasteiger partial charge is 0.497 e. The summed E-state index contributed by atoms with van der Waals surface area (Å²) in [6.45, 7) is 2.86. The van der Waals surface area contributed by atoms with Gasteiger partial charge in [0.15, 0.2) is 0 Å². The Morgan fingerprint density at radius 3 is 2.55 bits per heavy atom. The van der Waals surface area contributed by atoms with Crippen molar-refractivity contribution in [3.63, 3.8) is 0 Å². The number of carbonyl (C=O) groups is 1. The number of benzene rings is 1. The van der Waals surface area contributed by atoms with E-state index in [0.717, 1.165) is 23.7 Å². The summed E-state index contributed by atoms with van der Waals surface area (Å²) < 4.78 is 10.00. The van der Waals surface area contributed by atoms with Gasteiger partial charge < -0.3 is 20.1 Å². The zero-order valence-corrected chi connectivity index (χ0v) is 12.8. The van der Waals surface area contributed by atoms with Gasteiger partial charge in [-0.2, -0.15) is 0 Å². The first kappa shape index (κ1) is 16.8. The van der Waals surface area contributed by atoms with Crippen molar-refractivity contribution in [2.45, 2.75) is 4.90 Å². The average molecular weight is 298 g/mol. The zero-order valence-electron chi connectivity index (χ0n) is 12.0. The normalized spacial score (nSPS) is 10.3. The molecule has 5 nitrogen and oxygen atoms in total. The second-order valence-electron chi connectivity index (χ2n) is 4.06. The van der Waals surface area contributed by atoms with Crippen LogP contribution in [0.1, 0.15) is 0 Å². The third-order valence-electron chi connectivity index (χ3n) is 2.54. The van der Waals surface area contributed by atoms with Crippen LogP contribution in [0.2, 0.25) is 0 Å². The molecule has 6 heteroatoms. The van der Waals surface area contributed by atoms with E-state index in [-0.39, 0.29) is 5.91 Å². The van der Waals surface area contributed by atoms with Crippen LogP contribution in [0.3, 0.4) is 0 Å². The fourth-order valence-corrected chi connectivity index (χ4v) is 2.19. The third kappa shape index (κ3) is 7.37. The Morgan fingerprint density at radius 2 is 1.90 bits per heavy atom. The van der Waals surface area contributed by atoms with Crippen LogP contribution in [0.25, 0.3) is 0 Å². The van der Waals surface area contributed by atoms with Crippen LogP contribution in [0.5, 0.6) is 5.75 Å². The van der Waals surface area contributed by atoms with E-state index < -0.39 is 0 Å². The van der Waals surface area contributed by atoms with E-state index in [0.29, 0.717) is 18.9 Å². The van der Waals surface area contributed by atoms with Gasteiger partial charge in [0.2, 0.25) is 5.91 Å². The fourth-order valence-electron chi connectivity index (χ4n) is 1.46. The minimum atomic E-state index is 0.0411. The minimum absolute atomic E-state index is 0.0411. The Morgan fingerprint density at radius 1 is 1.15 bits per heavy atom. The summed E-state index contributed by atoms with van der Waals surface area (Å²) in [7, 11) is 3.30. The molecular formula is C14H22N2O3S. The standard InChI is InChI=1S/C14H22N2O3S/c1-18-10-9-15-7-8-16-14(17)11-20-13-5-3-12(19-2)4-6-13/h3-6,15H,7-11H2,1-2H3,(H,16,17). The lowest BCUT2D eigenvalue weighted by Gasteiger charge is -2.07. The number of amides is 1. The number of hydrogen-bond acceptors (Lipinski definition) is 5. The molecule has 0 atom stereocenters. The van der Waals surface area contributed by atoms with Gasteiger partial charge in [-0.05, 0) is 24.3 Å². The monoisotopic (exact) mass is 298 g/mol. The number of carbonyl (C=O) groups excluding carboxylic acids is 1. The summed E-state index contributed by atoms with van der Waals surface area (Å²) in [5.41, 5.74) is 0. The van der Waals surface area contributed by atoms with Crippen LogP contribution >= 0.6 is 11.8 Å². The zero-order chi connectivity index (χ0) is 14.6. The third-order valence-corrected chi connectivity index (χ3v) is 3.55. The van der Waals surface area contributed by atoms with Gasteiger partial charge in [0, 0.05) is 31.6 Å². The van der Waals surface area contributed by atoms with Gasteiger partial charge in [-0.3, -0.25) is 4.79 Å². The van der Waals surface area contributed by atoms with Crippen molar-refractivity contribution < 1.29 is 14.3 Å². The van der Waals surface area contributed by atoms with Crippen LogP contribution in [-0.4, -0.2) is 52.1 Å². The quantitative estimate of drug-likeness (QED) is 0.501. The van der Waals surface area contributed by atoms with Crippen molar-refractivity contribution in [1.82, 2.24) is 10.6 Å². The highest BCUT2D eigenvalue weighted by Crippen LogP contribution is 2.20. The molecular weight excluding hydrogens is 276 g/mol. The summed E-state index contributed by atoms with van der Waals surface area (Å²) >= 11 is 1.51. The van der Waals surface area contributed by atoms with Gasteiger partial charge in [-0.15, -0.1) is 11.8 Å². The molecule has 0 aliphatic heterocycles. The Labute approximate surface area is 124 Å². The Bertz CT molecular complexity index is 385. The topological polar surface area (TPSA) is 59.6 Å². The van der Waals surface area contributed by atoms with E-state index in [2.05, 4.69) is 10.6 Å². The number of ether oxygens (including phenoxy) is 2. The first-order valence-electron chi connectivity index (χ1n) is 6.49. The molecule has 0 heterocycles. The number of rotatable bonds is 10. The molecule has 0 aliphatic carbocycles. The summed E-state index contributed by atoms with van der Waals surface area (Å²) in [6, 6.07) is 7.67. The molecule has 112 valence electrons. The molecule has 20 heavy (non-hydrogen) atoms. The van der Waals surface area contributed by atoms with Crippen molar-refractivity contribution in [2.24, 2.45) is 0 Å². The van der Waals surface area contributed by atoms with Crippen LogP contribution < -0.4 is 15.4 Å². The molecule has 1 amide bonds. The predicted octanol–water partition coefficient (Wildman–Crippen LogP) is 1.14. The summed E-state index contributed by atoms with van der Waals surface area (Å²) in [5, 5.41) is 6.03. The Kier molecular flexibility index (Phi) is 8.86. The van der Waals surface area contributed by atoms with Gasteiger partial charge in [0.05, 0.1) is 19.5 Å². The van der Waals surface area contributed by atoms with E-state index in [4.69, 9.17) is 9.47 Å². The van der Waals surface area contributed by atoms with Crippen molar-refractivity contribution in [1.29, 1.82) is 0 Å². The molecule has 0 aromatic heterocycles. The van der Waals surface area contributed by atoms with E-state index in [1.807, 2.05) is 24.3 Å². The lowest BCUT2D eigenvalue weighted by atomic mass is 10.3. The van der Waals surface area contributed by atoms with Crippen LogP contribution in [0.4, 0.5) is 0 Å².